The number of aromatic amines is 1. The van der Waals surface area contributed by atoms with Crippen LogP contribution >= 0.6 is 0 Å². The molecule has 0 aromatic carbocycles. The summed E-state index contributed by atoms with van der Waals surface area (Å²) in [4.78, 5) is 15.9. The fourth-order valence-corrected chi connectivity index (χ4v) is 3.23. The van der Waals surface area contributed by atoms with E-state index >= 15 is 0 Å². The monoisotopic (exact) mass is 338 g/mol. The smallest absolute Gasteiger partial charge is 0.272 e. The molecule has 0 saturated heterocycles. The summed E-state index contributed by atoms with van der Waals surface area (Å²) in [6.07, 6.45) is 3.93. The van der Waals surface area contributed by atoms with Gasteiger partial charge in [-0.3, -0.25) is 9.20 Å². The zero-order valence-corrected chi connectivity index (χ0v) is 14.5. The Morgan fingerprint density at radius 2 is 2.20 bits per heavy atom. The van der Waals surface area contributed by atoms with Crippen molar-refractivity contribution in [2.24, 2.45) is 0 Å². The molecule has 7 heteroatoms. The van der Waals surface area contributed by atoms with Crippen LogP contribution in [-0.4, -0.2) is 32.0 Å². The van der Waals surface area contributed by atoms with Gasteiger partial charge in [-0.25, -0.2) is 0 Å². The van der Waals surface area contributed by atoms with Crippen LogP contribution in [0.25, 0.3) is 5.65 Å². The van der Waals surface area contributed by atoms with E-state index in [1.165, 1.54) is 5.56 Å². The van der Waals surface area contributed by atoms with Gasteiger partial charge in [0, 0.05) is 24.4 Å². The highest BCUT2D eigenvalue weighted by atomic mass is 16.1. The topological polar surface area (TPSA) is 87.1 Å². The second-order valence-corrected chi connectivity index (χ2v) is 6.78. The Morgan fingerprint density at radius 3 is 3.04 bits per heavy atom. The molecule has 3 aromatic heterocycles. The zero-order valence-electron chi connectivity index (χ0n) is 14.5. The maximum Gasteiger partial charge on any atom is 0.272 e. The maximum absolute atomic E-state index is 12.6. The molecular weight excluding hydrogens is 316 g/mol. The summed E-state index contributed by atoms with van der Waals surface area (Å²) < 4.78 is 1.92. The lowest BCUT2D eigenvalue weighted by Crippen LogP contribution is -2.14. The molecule has 0 bridgehead atoms. The fraction of sp³-hybridized carbons (Fsp3) is 0.389. The van der Waals surface area contributed by atoms with Crippen molar-refractivity contribution in [2.45, 2.75) is 39.2 Å². The predicted molar refractivity (Wildman–Crippen MR) is 95.8 cm³/mol. The highest BCUT2D eigenvalue weighted by molar-refractivity contribution is 6.03. The molecule has 0 aliphatic carbocycles. The molecular formula is C18H22N6O. The number of aryl methyl sites for hydroxylation is 1. The Labute approximate surface area is 145 Å². The molecule has 0 atom stereocenters. The van der Waals surface area contributed by atoms with Crippen molar-refractivity contribution < 1.29 is 4.79 Å². The number of hydrogen-bond acceptors (Lipinski definition) is 4. The van der Waals surface area contributed by atoms with Crippen LogP contribution in [0.4, 0.5) is 5.69 Å². The molecule has 1 amide bonds. The normalized spacial score (nSPS) is 14.5. The Hall–Kier alpha value is -2.67. The summed E-state index contributed by atoms with van der Waals surface area (Å²) in [5, 5.41) is 14.7. The van der Waals surface area contributed by atoms with Crippen molar-refractivity contribution >= 4 is 17.2 Å². The summed E-state index contributed by atoms with van der Waals surface area (Å²) in [7, 11) is 0. The third kappa shape index (κ3) is 3.02. The lowest BCUT2D eigenvalue weighted by atomic mass is 10.2. The SMILES string of the molecule is CC(C)c1nnc2ccc(NC(=O)c3cc4c([nH]3)CCCNC4)cn12. The van der Waals surface area contributed by atoms with Gasteiger partial charge in [-0.1, -0.05) is 13.8 Å². The lowest BCUT2D eigenvalue weighted by molar-refractivity contribution is 0.102. The molecule has 4 rings (SSSR count). The predicted octanol–water partition coefficient (Wildman–Crippen LogP) is 2.47. The Balaban J connectivity index is 1.58. The first-order valence-corrected chi connectivity index (χ1v) is 8.69. The summed E-state index contributed by atoms with van der Waals surface area (Å²) in [5.41, 5.74) is 4.44. The number of carbonyl (C=O) groups is 1. The molecule has 4 heterocycles. The van der Waals surface area contributed by atoms with Gasteiger partial charge in [0.15, 0.2) is 5.65 Å². The van der Waals surface area contributed by atoms with E-state index in [1.807, 2.05) is 28.8 Å². The van der Waals surface area contributed by atoms with Gasteiger partial charge in [-0.15, -0.1) is 10.2 Å². The minimum Gasteiger partial charge on any atom is -0.354 e. The molecule has 7 nitrogen and oxygen atoms in total. The highest BCUT2D eigenvalue weighted by Crippen LogP contribution is 2.19. The van der Waals surface area contributed by atoms with E-state index in [-0.39, 0.29) is 11.8 Å². The maximum atomic E-state index is 12.6. The first kappa shape index (κ1) is 15.8. The van der Waals surface area contributed by atoms with Crippen LogP contribution in [0.2, 0.25) is 0 Å². The molecule has 0 saturated carbocycles. The van der Waals surface area contributed by atoms with E-state index in [2.05, 4.69) is 39.7 Å². The number of pyridine rings is 1. The quantitative estimate of drug-likeness (QED) is 0.685. The van der Waals surface area contributed by atoms with Gasteiger partial charge in [0.2, 0.25) is 0 Å². The molecule has 25 heavy (non-hydrogen) atoms. The Kier molecular flexibility index (Phi) is 4.01. The van der Waals surface area contributed by atoms with Gasteiger partial charge in [0.25, 0.3) is 5.91 Å². The molecule has 130 valence electrons. The number of hydrogen-bond donors (Lipinski definition) is 3. The third-order valence-electron chi connectivity index (χ3n) is 4.54. The number of rotatable bonds is 3. The van der Waals surface area contributed by atoms with Crippen LogP contribution in [-0.2, 0) is 13.0 Å². The van der Waals surface area contributed by atoms with E-state index in [4.69, 9.17) is 0 Å². The average Bonchev–Trinajstić information content (AvgIpc) is 3.13. The largest absolute Gasteiger partial charge is 0.354 e. The van der Waals surface area contributed by atoms with Crippen LogP contribution in [0, 0.1) is 0 Å². The minimum atomic E-state index is -0.133. The van der Waals surface area contributed by atoms with Crippen molar-refractivity contribution in [2.75, 3.05) is 11.9 Å². The number of H-pyrrole nitrogens is 1. The highest BCUT2D eigenvalue weighted by Gasteiger charge is 2.16. The minimum absolute atomic E-state index is 0.133. The van der Waals surface area contributed by atoms with Crippen molar-refractivity contribution in [1.29, 1.82) is 0 Å². The van der Waals surface area contributed by atoms with Gasteiger partial charge in [-0.2, -0.15) is 0 Å². The van der Waals surface area contributed by atoms with Crippen LogP contribution in [0.15, 0.2) is 24.4 Å². The summed E-state index contributed by atoms with van der Waals surface area (Å²) in [6.45, 7) is 5.97. The van der Waals surface area contributed by atoms with Gasteiger partial charge >= 0.3 is 0 Å². The molecule has 0 radical (unpaired) electrons. The Bertz CT molecular complexity index is 899. The number of fused-ring (bicyclic) bond motifs is 2. The van der Waals surface area contributed by atoms with Gasteiger partial charge in [0.05, 0.1) is 5.69 Å². The molecule has 0 unspecified atom stereocenters. The molecule has 3 aromatic rings. The third-order valence-corrected chi connectivity index (χ3v) is 4.54. The van der Waals surface area contributed by atoms with Crippen molar-refractivity contribution in [3.63, 3.8) is 0 Å². The number of aromatic nitrogens is 4. The van der Waals surface area contributed by atoms with Crippen LogP contribution < -0.4 is 10.6 Å². The number of nitrogens with zero attached hydrogens (tertiary/aromatic N) is 3. The van der Waals surface area contributed by atoms with Crippen molar-refractivity contribution in [1.82, 2.24) is 24.9 Å². The standard InChI is InChI=1S/C18H22N6O/c1-11(2)17-23-22-16-6-5-13(10-24(16)17)20-18(25)15-8-12-9-19-7-3-4-14(12)21-15/h5-6,8,10-11,19,21H,3-4,7,9H2,1-2H3,(H,20,25). The van der Waals surface area contributed by atoms with Crippen molar-refractivity contribution in [3.05, 3.63) is 47.2 Å². The molecule has 0 fully saturated rings. The van der Waals surface area contributed by atoms with E-state index in [1.54, 1.807) is 0 Å². The molecule has 1 aliphatic rings. The first-order valence-electron chi connectivity index (χ1n) is 8.69. The first-order chi connectivity index (χ1) is 12.1. The van der Waals surface area contributed by atoms with E-state index in [0.717, 1.165) is 48.8 Å². The summed E-state index contributed by atoms with van der Waals surface area (Å²) in [5.74, 6) is 1.00. The Morgan fingerprint density at radius 1 is 1.32 bits per heavy atom. The van der Waals surface area contributed by atoms with E-state index in [9.17, 15) is 4.79 Å². The summed E-state index contributed by atoms with van der Waals surface area (Å²) in [6, 6.07) is 5.66. The fourth-order valence-electron chi connectivity index (χ4n) is 3.23. The van der Waals surface area contributed by atoms with Gasteiger partial charge in [-0.05, 0) is 43.1 Å². The van der Waals surface area contributed by atoms with Crippen LogP contribution in [0.1, 0.15) is 53.8 Å². The summed E-state index contributed by atoms with van der Waals surface area (Å²) >= 11 is 0. The van der Waals surface area contributed by atoms with E-state index in [0.29, 0.717) is 5.69 Å². The van der Waals surface area contributed by atoms with E-state index < -0.39 is 0 Å². The van der Waals surface area contributed by atoms with Crippen molar-refractivity contribution in [3.8, 4) is 0 Å². The number of anilines is 1. The number of amides is 1. The van der Waals surface area contributed by atoms with Crippen LogP contribution in [0.5, 0.6) is 0 Å². The average molecular weight is 338 g/mol. The molecule has 0 spiro atoms. The van der Waals surface area contributed by atoms with Crippen LogP contribution in [0.3, 0.4) is 0 Å². The zero-order chi connectivity index (χ0) is 17.4. The lowest BCUT2D eigenvalue weighted by Gasteiger charge is -2.07. The van der Waals surface area contributed by atoms with Gasteiger partial charge < -0.3 is 15.6 Å². The number of nitrogens with one attached hydrogen (secondary N) is 3. The van der Waals surface area contributed by atoms with Gasteiger partial charge in [0.1, 0.15) is 11.5 Å². The number of carbonyl (C=O) groups excluding carboxylic acids is 1. The second-order valence-electron chi connectivity index (χ2n) is 6.78. The second kappa shape index (κ2) is 6.33. The molecule has 1 aliphatic heterocycles. The molecule has 3 N–H and O–H groups in total.